The molecule has 0 saturated carbocycles. The molecule has 29 heavy (non-hydrogen) atoms. The summed E-state index contributed by atoms with van der Waals surface area (Å²) in [4.78, 5) is 27.5. The number of hydrogen-bond donors (Lipinski definition) is 2. The molecule has 0 bridgehead atoms. The number of hydrogen-bond acceptors (Lipinski definition) is 2. The van der Waals surface area contributed by atoms with E-state index in [9.17, 15) is 27.2 Å². The number of benzene rings is 2. The molecule has 0 unspecified atom stereocenters. The summed E-state index contributed by atoms with van der Waals surface area (Å²) in [6.45, 7) is 0.939. The zero-order chi connectivity index (χ0) is 21.0. The molecule has 0 spiro atoms. The first-order valence-electron chi connectivity index (χ1n) is 8.85. The summed E-state index contributed by atoms with van der Waals surface area (Å²) in [5.41, 5.74) is -0.302. The molecule has 2 N–H and O–H groups in total. The molecule has 3 rings (SSSR count). The van der Waals surface area contributed by atoms with Crippen molar-refractivity contribution >= 4 is 23.4 Å². The summed E-state index contributed by atoms with van der Waals surface area (Å²) >= 11 is 0. The number of carbonyl (C=O) groups is 2. The lowest BCUT2D eigenvalue weighted by molar-refractivity contribution is 0.205. The lowest BCUT2D eigenvalue weighted by Crippen LogP contribution is -2.40. The van der Waals surface area contributed by atoms with Crippen LogP contribution in [0.5, 0.6) is 0 Å². The van der Waals surface area contributed by atoms with E-state index in [1.165, 1.54) is 9.80 Å². The van der Waals surface area contributed by atoms with Crippen molar-refractivity contribution in [2.45, 2.75) is 6.42 Å². The van der Waals surface area contributed by atoms with Gasteiger partial charge in [-0.05, 0) is 30.7 Å². The molecule has 2 aromatic rings. The fourth-order valence-electron chi connectivity index (χ4n) is 2.89. The third-order valence-electron chi connectivity index (χ3n) is 4.42. The highest BCUT2D eigenvalue weighted by atomic mass is 19.1. The van der Waals surface area contributed by atoms with Crippen LogP contribution in [-0.2, 0) is 0 Å². The molecular formula is C19H18F4N4O2. The third-order valence-corrected chi connectivity index (χ3v) is 4.42. The van der Waals surface area contributed by atoms with E-state index < -0.39 is 35.3 Å². The molecule has 10 heteroatoms. The number of nitrogens with one attached hydrogen (secondary N) is 2. The van der Waals surface area contributed by atoms with Gasteiger partial charge in [0.25, 0.3) is 0 Å². The number of urea groups is 2. The van der Waals surface area contributed by atoms with Crippen LogP contribution < -0.4 is 10.6 Å². The minimum absolute atomic E-state index is 0.151. The van der Waals surface area contributed by atoms with Crippen molar-refractivity contribution in [1.82, 2.24) is 9.80 Å². The molecule has 1 aliphatic heterocycles. The van der Waals surface area contributed by atoms with E-state index in [4.69, 9.17) is 0 Å². The summed E-state index contributed by atoms with van der Waals surface area (Å²) in [6, 6.07) is 4.47. The van der Waals surface area contributed by atoms with Gasteiger partial charge in [0.05, 0.1) is 11.4 Å². The number of rotatable bonds is 2. The Morgan fingerprint density at radius 2 is 1.10 bits per heavy atom. The maximum atomic E-state index is 13.7. The zero-order valence-electron chi connectivity index (χ0n) is 15.2. The van der Waals surface area contributed by atoms with Crippen molar-refractivity contribution in [3.63, 3.8) is 0 Å². The van der Waals surface area contributed by atoms with E-state index in [0.717, 1.165) is 24.3 Å². The standard InChI is InChI=1S/C19H18F4N4O2/c20-12-2-4-16(14(22)10-12)24-18(28)26-6-1-7-27(9-8-26)19(29)25-17-5-3-13(21)11-15(17)23/h2-5,10-11H,1,6-9H2,(H,24,28)(H,25,29). The van der Waals surface area contributed by atoms with Crippen LogP contribution in [0.4, 0.5) is 38.5 Å². The highest BCUT2D eigenvalue weighted by Gasteiger charge is 2.23. The first-order valence-corrected chi connectivity index (χ1v) is 8.85. The van der Waals surface area contributed by atoms with Gasteiger partial charge in [0.1, 0.15) is 23.3 Å². The first kappa shape index (κ1) is 20.4. The van der Waals surface area contributed by atoms with Crippen LogP contribution in [-0.4, -0.2) is 48.0 Å². The van der Waals surface area contributed by atoms with Crippen molar-refractivity contribution in [2.24, 2.45) is 0 Å². The van der Waals surface area contributed by atoms with Crippen molar-refractivity contribution in [3.8, 4) is 0 Å². The highest BCUT2D eigenvalue weighted by Crippen LogP contribution is 2.18. The smallest absolute Gasteiger partial charge is 0.321 e. The predicted octanol–water partition coefficient (Wildman–Crippen LogP) is 4.01. The topological polar surface area (TPSA) is 64.7 Å². The van der Waals surface area contributed by atoms with Crippen molar-refractivity contribution in [2.75, 3.05) is 36.8 Å². The molecule has 154 valence electrons. The zero-order valence-corrected chi connectivity index (χ0v) is 15.2. The minimum atomic E-state index is -0.893. The van der Waals surface area contributed by atoms with Gasteiger partial charge >= 0.3 is 12.1 Å². The summed E-state index contributed by atoms with van der Waals surface area (Å²) in [6.07, 6.45) is 0.443. The van der Waals surface area contributed by atoms with Gasteiger partial charge in [-0.1, -0.05) is 0 Å². The Morgan fingerprint density at radius 3 is 1.48 bits per heavy atom. The Morgan fingerprint density at radius 1 is 0.690 bits per heavy atom. The average molecular weight is 410 g/mol. The summed E-state index contributed by atoms with van der Waals surface area (Å²) in [5.74, 6) is -3.30. The Kier molecular flexibility index (Phi) is 6.20. The van der Waals surface area contributed by atoms with Crippen LogP contribution >= 0.6 is 0 Å². The van der Waals surface area contributed by atoms with Crippen LogP contribution in [0.1, 0.15) is 6.42 Å². The molecule has 0 aliphatic carbocycles. The second kappa shape index (κ2) is 8.80. The maximum absolute atomic E-state index is 13.7. The number of carbonyl (C=O) groups excluding carboxylic acids is 2. The fourth-order valence-corrected chi connectivity index (χ4v) is 2.89. The van der Waals surface area contributed by atoms with Crippen molar-refractivity contribution in [1.29, 1.82) is 0 Å². The third kappa shape index (κ3) is 5.15. The Balaban J connectivity index is 1.57. The SMILES string of the molecule is O=C(Nc1ccc(F)cc1F)N1CCCN(C(=O)Nc2ccc(F)cc2F)CC1. The molecule has 6 nitrogen and oxygen atoms in total. The van der Waals surface area contributed by atoms with E-state index in [1.54, 1.807) is 0 Å². The van der Waals surface area contributed by atoms with Gasteiger partial charge in [-0.2, -0.15) is 0 Å². The fraction of sp³-hybridized carbons (Fsp3) is 0.263. The minimum Gasteiger partial charge on any atom is -0.323 e. The lowest BCUT2D eigenvalue weighted by atomic mass is 10.3. The summed E-state index contributed by atoms with van der Waals surface area (Å²) < 4.78 is 53.3. The molecule has 1 saturated heterocycles. The predicted molar refractivity (Wildman–Crippen MR) is 98.5 cm³/mol. The van der Waals surface area contributed by atoms with Gasteiger partial charge in [0.15, 0.2) is 0 Å². The molecule has 0 aromatic heterocycles. The van der Waals surface area contributed by atoms with Gasteiger partial charge in [-0.3, -0.25) is 0 Å². The van der Waals surface area contributed by atoms with Gasteiger partial charge < -0.3 is 20.4 Å². The average Bonchev–Trinajstić information content (AvgIpc) is 2.92. The van der Waals surface area contributed by atoms with Crippen LogP contribution in [0.25, 0.3) is 0 Å². The number of anilines is 2. The van der Waals surface area contributed by atoms with Crippen LogP contribution in [0.3, 0.4) is 0 Å². The molecule has 1 aliphatic rings. The molecule has 0 radical (unpaired) electrons. The monoisotopic (exact) mass is 410 g/mol. The number of halogens is 4. The summed E-state index contributed by atoms with van der Waals surface area (Å²) in [5, 5.41) is 4.75. The van der Waals surface area contributed by atoms with E-state index in [2.05, 4.69) is 10.6 Å². The lowest BCUT2D eigenvalue weighted by Gasteiger charge is -2.23. The molecule has 1 fully saturated rings. The second-order valence-electron chi connectivity index (χ2n) is 6.44. The largest absolute Gasteiger partial charge is 0.323 e. The van der Waals surface area contributed by atoms with Crippen molar-refractivity contribution < 1.29 is 27.2 Å². The first-order chi connectivity index (χ1) is 13.8. The molecule has 1 heterocycles. The summed E-state index contributed by atoms with van der Waals surface area (Å²) in [7, 11) is 0. The molecule has 4 amide bonds. The Bertz CT molecular complexity index is 852. The normalized spacial score (nSPS) is 14.3. The van der Waals surface area contributed by atoms with E-state index in [0.29, 0.717) is 31.6 Å². The quantitative estimate of drug-likeness (QED) is 0.735. The van der Waals surface area contributed by atoms with E-state index >= 15 is 0 Å². The van der Waals surface area contributed by atoms with Crippen LogP contribution in [0.15, 0.2) is 36.4 Å². The van der Waals surface area contributed by atoms with Gasteiger partial charge in [0, 0.05) is 38.3 Å². The van der Waals surface area contributed by atoms with Crippen LogP contribution in [0.2, 0.25) is 0 Å². The van der Waals surface area contributed by atoms with Crippen LogP contribution in [0, 0.1) is 23.3 Å². The highest BCUT2D eigenvalue weighted by molar-refractivity contribution is 5.90. The van der Waals surface area contributed by atoms with E-state index in [1.807, 2.05) is 0 Å². The van der Waals surface area contributed by atoms with E-state index in [-0.39, 0.29) is 24.5 Å². The second-order valence-corrected chi connectivity index (χ2v) is 6.44. The molecule has 0 atom stereocenters. The molecule has 2 aromatic carbocycles. The Hall–Kier alpha value is -3.30. The molecular weight excluding hydrogens is 392 g/mol. The van der Waals surface area contributed by atoms with Crippen molar-refractivity contribution in [3.05, 3.63) is 59.7 Å². The maximum Gasteiger partial charge on any atom is 0.321 e. The van der Waals surface area contributed by atoms with Gasteiger partial charge in [0.2, 0.25) is 0 Å². The van der Waals surface area contributed by atoms with Gasteiger partial charge in [-0.15, -0.1) is 0 Å². The number of nitrogens with zero attached hydrogens (tertiary/aromatic N) is 2. The van der Waals surface area contributed by atoms with Gasteiger partial charge in [-0.25, -0.2) is 27.2 Å². The number of amides is 4. The Labute approximate surface area is 164 Å².